The average molecular weight is 391 g/mol. The molecule has 0 amide bonds. The molecule has 0 radical (unpaired) electrons. The summed E-state index contributed by atoms with van der Waals surface area (Å²) in [6, 6.07) is 18.5. The molecule has 1 aliphatic heterocycles. The van der Waals surface area contributed by atoms with Crippen LogP contribution in [0.15, 0.2) is 42.5 Å². The molecule has 4 nitrogen and oxygen atoms in total. The van der Waals surface area contributed by atoms with Gasteiger partial charge in [0, 0.05) is 0 Å². The van der Waals surface area contributed by atoms with Gasteiger partial charge in [-0.15, -0.1) is 0 Å². The highest BCUT2D eigenvalue weighted by atomic mass is 35.5. The SMILES string of the molecule is CCCN1CCC(c2cccc(C#N)c2Cl)CC1.N#Cc1ccccc1C#N. The van der Waals surface area contributed by atoms with Gasteiger partial charge in [-0.2, -0.15) is 15.8 Å². The maximum Gasteiger partial charge on any atom is 0.101 e. The predicted molar refractivity (Wildman–Crippen MR) is 111 cm³/mol. The molecule has 1 heterocycles. The van der Waals surface area contributed by atoms with Crippen molar-refractivity contribution < 1.29 is 0 Å². The minimum Gasteiger partial charge on any atom is -0.303 e. The van der Waals surface area contributed by atoms with E-state index < -0.39 is 0 Å². The molecule has 0 aliphatic carbocycles. The molecule has 3 rings (SSSR count). The van der Waals surface area contributed by atoms with Crippen molar-refractivity contribution in [1.29, 1.82) is 15.8 Å². The first kappa shape index (κ1) is 21.5. The summed E-state index contributed by atoms with van der Waals surface area (Å²) >= 11 is 6.30. The molecule has 0 spiro atoms. The highest BCUT2D eigenvalue weighted by Crippen LogP contribution is 2.34. The van der Waals surface area contributed by atoms with Gasteiger partial charge in [0.15, 0.2) is 0 Å². The predicted octanol–water partition coefficient (Wildman–Crippen LogP) is 5.23. The summed E-state index contributed by atoms with van der Waals surface area (Å²) in [5.74, 6) is 0.513. The maximum absolute atomic E-state index is 9.01. The van der Waals surface area contributed by atoms with Crippen LogP contribution in [0, 0.1) is 34.0 Å². The van der Waals surface area contributed by atoms with Crippen LogP contribution in [0.4, 0.5) is 0 Å². The molecule has 142 valence electrons. The molecular weight excluding hydrogens is 368 g/mol. The monoisotopic (exact) mass is 390 g/mol. The highest BCUT2D eigenvalue weighted by Gasteiger charge is 2.22. The average Bonchev–Trinajstić information content (AvgIpc) is 2.75. The zero-order valence-electron chi connectivity index (χ0n) is 16.0. The van der Waals surface area contributed by atoms with Gasteiger partial charge >= 0.3 is 0 Å². The number of piperidine rings is 1. The molecule has 0 aromatic heterocycles. The first-order valence-electron chi connectivity index (χ1n) is 9.44. The lowest BCUT2D eigenvalue weighted by atomic mass is 9.88. The molecule has 2 aromatic carbocycles. The van der Waals surface area contributed by atoms with Gasteiger partial charge in [-0.3, -0.25) is 0 Å². The maximum atomic E-state index is 9.01. The van der Waals surface area contributed by atoms with Gasteiger partial charge in [0.2, 0.25) is 0 Å². The second kappa shape index (κ2) is 11.1. The summed E-state index contributed by atoms with van der Waals surface area (Å²) in [6.45, 7) is 5.70. The molecule has 5 heteroatoms. The lowest BCUT2D eigenvalue weighted by Crippen LogP contribution is -2.33. The molecule has 1 aliphatic rings. The van der Waals surface area contributed by atoms with Crippen LogP contribution in [-0.2, 0) is 0 Å². The quantitative estimate of drug-likeness (QED) is 0.718. The number of benzene rings is 2. The molecule has 1 fully saturated rings. The van der Waals surface area contributed by atoms with Crippen LogP contribution in [0.3, 0.4) is 0 Å². The van der Waals surface area contributed by atoms with Crippen molar-refractivity contribution in [3.05, 3.63) is 69.7 Å². The fourth-order valence-electron chi connectivity index (χ4n) is 3.41. The smallest absolute Gasteiger partial charge is 0.101 e. The second-order valence-corrected chi connectivity index (χ2v) is 7.08. The molecule has 0 atom stereocenters. The van der Waals surface area contributed by atoms with E-state index in [-0.39, 0.29) is 0 Å². The number of nitriles is 3. The molecule has 0 bridgehead atoms. The van der Waals surface area contributed by atoms with Gasteiger partial charge in [0.1, 0.15) is 18.2 Å². The zero-order chi connectivity index (χ0) is 20.4. The number of halogens is 1. The molecule has 1 saturated heterocycles. The van der Waals surface area contributed by atoms with E-state index >= 15 is 0 Å². The lowest BCUT2D eigenvalue weighted by Gasteiger charge is -2.32. The minimum atomic E-state index is 0.435. The van der Waals surface area contributed by atoms with Crippen LogP contribution in [0.5, 0.6) is 0 Å². The summed E-state index contributed by atoms with van der Waals surface area (Å²) in [5.41, 5.74) is 2.63. The molecule has 2 aromatic rings. The van der Waals surface area contributed by atoms with E-state index in [0.717, 1.165) is 31.5 Å². The number of rotatable bonds is 3. The molecular formula is C23H23ClN4. The Kier molecular flexibility index (Phi) is 8.51. The summed E-state index contributed by atoms with van der Waals surface area (Å²) in [5, 5.41) is 26.6. The molecule has 0 saturated carbocycles. The van der Waals surface area contributed by atoms with Crippen molar-refractivity contribution in [1.82, 2.24) is 4.90 Å². The largest absolute Gasteiger partial charge is 0.303 e. The topological polar surface area (TPSA) is 74.6 Å². The molecule has 0 unspecified atom stereocenters. The van der Waals surface area contributed by atoms with Crippen LogP contribution in [0.25, 0.3) is 0 Å². The van der Waals surface area contributed by atoms with Crippen molar-refractivity contribution in [2.45, 2.75) is 32.1 Å². The molecule has 28 heavy (non-hydrogen) atoms. The van der Waals surface area contributed by atoms with Gasteiger partial charge in [-0.1, -0.05) is 42.8 Å². The number of nitrogens with zero attached hydrogens (tertiary/aromatic N) is 4. The number of likely N-dealkylation sites (tertiary alicyclic amines) is 1. The minimum absolute atomic E-state index is 0.435. The number of hydrogen-bond donors (Lipinski definition) is 0. The lowest BCUT2D eigenvalue weighted by molar-refractivity contribution is 0.213. The first-order chi connectivity index (χ1) is 13.6. The molecule has 0 N–H and O–H groups in total. The van der Waals surface area contributed by atoms with E-state index in [0.29, 0.717) is 27.6 Å². The van der Waals surface area contributed by atoms with Gasteiger partial charge in [-0.25, -0.2) is 0 Å². The van der Waals surface area contributed by atoms with E-state index in [1.165, 1.54) is 13.0 Å². The van der Waals surface area contributed by atoms with Crippen molar-refractivity contribution in [2.75, 3.05) is 19.6 Å². The Morgan fingerprint density at radius 3 is 1.93 bits per heavy atom. The van der Waals surface area contributed by atoms with E-state index in [2.05, 4.69) is 24.0 Å². The van der Waals surface area contributed by atoms with E-state index in [1.54, 1.807) is 30.3 Å². The van der Waals surface area contributed by atoms with E-state index in [4.69, 9.17) is 27.4 Å². The van der Waals surface area contributed by atoms with Crippen molar-refractivity contribution >= 4 is 11.6 Å². The Labute approximate surface area is 172 Å². The Morgan fingerprint density at radius 2 is 1.43 bits per heavy atom. The van der Waals surface area contributed by atoms with E-state index in [1.807, 2.05) is 18.2 Å². The van der Waals surface area contributed by atoms with Crippen LogP contribution >= 0.6 is 11.6 Å². The Morgan fingerprint density at radius 1 is 0.893 bits per heavy atom. The Balaban J connectivity index is 0.000000237. The Bertz CT molecular complexity index is 876. The number of hydrogen-bond acceptors (Lipinski definition) is 4. The van der Waals surface area contributed by atoms with Crippen LogP contribution in [-0.4, -0.2) is 24.5 Å². The fourth-order valence-corrected chi connectivity index (χ4v) is 3.74. The standard InChI is InChI=1S/C15H19ClN2.C8H4N2/c1-2-8-18-9-6-12(7-10-18)14-5-3-4-13(11-17)15(14)16;9-5-7-3-1-2-4-8(7)6-10/h3-5,12H,2,6-10H2,1H3;1-4H. The fraction of sp³-hybridized carbons (Fsp3) is 0.348. The zero-order valence-corrected chi connectivity index (χ0v) is 16.8. The normalized spacial score (nSPS) is 14.1. The van der Waals surface area contributed by atoms with Gasteiger partial charge in [-0.05, 0) is 68.6 Å². The summed E-state index contributed by atoms with van der Waals surface area (Å²) in [4.78, 5) is 2.51. The summed E-state index contributed by atoms with van der Waals surface area (Å²) < 4.78 is 0. The van der Waals surface area contributed by atoms with Crippen LogP contribution in [0.1, 0.15) is 54.4 Å². The third-order valence-corrected chi connectivity index (χ3v) is 5.31. The van der Waals surface area contributed by atoms with Gasteiger partial charge in [0.05, 0.1) is 21.7 Å². The van der Waals surface area contributed by atoms with Crippen molar-refractivity contribution in [2.24, 2.45) is 0 Å². The first-order valence-corrected chi connectivity index (χ1v) is 9.82. The second-order valence-electron chi connectivity index (χ2n) is 6.71. The summed E-state index contributed by atoms with van der Waals surface area (Å²) in [6.07, 6.45) is 3.51. The highest BCUT2D eigenvalue weighted by molar-refractivity contribution is 6.32. The summed E-state index contributed by atoms with van der Waals surface area (Å²) in [7, 11) is 0. The van der Waals surface area contributed by atoms with Crippen LogP contribution in [0.2, 0.25) is 5.02 Å². The van der Waals surface area contributed by atoms with Crippen molar-refractivity contribution in [3.63, 3.8) is 0 Å². The van der Waals surface area contributed by atoms with Crippen LogP contribution < -0.4 is 0 Å². The van der Waals surface area contributed by atoms with Gasteiger partial charge < -0.3 is 4.90 Å². The van der Waals surface area contributed by atoms with Crippen molar-refractivity contribution in [3.8, 4) is 18.2 Å². The third kappa shape index (κ3) is 5.58. The van der Waals surface area contributed by atoms with Gasteiger partial charge in [0.25, 0.3) is 0 Å². The third-order valence-electron chi connectivity index (χ3n) is 4.88. The van der Waals surface area contributed by atoms with E-state index in [9.17, 15) is 0 Å². The Hall–Kier alpha value is -2.84.